The molecule has 3 heteroatoms. The summed E-state index contributed by atoms with van der Waals surface area (Å²) in [5.41, 5.74) is 8.88. The lowest BCUT2D eigenvalue weighted by Gasteiger charge is -2.25. The van der Waals surface area contributed by atoms with Crippen LogP contribution in [0.3, 0.4) is 0 Å². The second-order valence-electron chi connectivity index (χ2n) is 7.13. The summed E-state index contributed by atoms with van der Waals surface area (Å²) < 4.78 is 0. The number of nitrogens with two attached hydrogens (primary N) is 1. The van der Waals surface area contributed by atoms with Crippen molar-refractivity contribution in [3.8, 4) is 0 Å². The van der Waals surface area contributed by atoms with E-state index in [4.69, 9.17) is 5.73 Å². The third kappa shape index (κ3) is 4.31. The summed E-state index contributed by atoms with van der Waals surface area (Å²) in [5, 5.41) is 0. The van der Waals surface area contributed by atoms with E-state index in [2.05, 4.69) is 45.0 Å². The van der Waals surface area contributed by atoms with Gasteiger partial charge in [-0.15, -0.1) is 0 Å². The van der Waals surface area contributed by atoms with E-state index >= 15 is 0 Å². The van der Waals surface area contributed by atoms with Crippen molar-refractivity contribution in [3.63, 3.8) is 0 Å². The van der Waals surface area contributed by atoms with Crippen molar-refractivity contribution in [3.05, 3.63) is 35.4 Å². The zero-order valence-corrected chi connectivity index (χ0v) is 13.6. The van der Waals surface area contributed by atoms with Gasteiger partial charge in [-0.05, 0) is 29.4 Å². The monoisotopic (exact) mass is 288 g/mol. The molecule has 0 aliphatic carbocycles. The Balaban J connectivity index is 2.02. The fraction of sp³-hybridized carbons (Fsp3) is 0.611. The molecule has 116 valence electrons. The molecule has 1 aromatic carbocycles. The van der Waals surface area contributed by atoms with E-state index in [1.165, 1.54) is 5.56 Å². The van der Waals surface area contributed by atoms with E-state index in [0.717, 1.165) is 31.4 Å². The first-order chi connectivity index (χ1) is 9.88. The van der Waals surface area contributed by atoms with Gasteiger partial charge in [0, 0.05) is 25.6 Å². The Morgan fingerprint density at radius 1 is 1.14 bits per heavy atom. The molecule has 1 aliphatic heterocycles. The fourth-order valence-electron chi connectivity index (χ4n) is 2.80. The second-order valence-corrected chi connectivity index (χ2v) is 7.13. The predicted octanol–water partition coefficient (Wildman–Crippen LogP) is 3.39. The third-order valence-electron chi connectivity index (χ3n) is 4.29. The molecule has 1 aromatic rings. The molecule has 0 bridgehead atoms. The van der Waals surface area contributed by atoms with E-state index in [1.54, 1.807) is 0 Å². The van der Waals surface area contributed by atoms with Gasteiger partial charge in [-0.3, -0.25) is 4.79 Å². The summed E-state index contributed by atoms with van der Waals surface area (Å²) in [4.78, 5) is 14.0. The molecular formula is C18H28N2O. The second kappa shape index (κ2) is 6.61. The van der Waals surface area contributed by atoms with Crippen molar-refractivity contribution in [2.24, 2.45) is 5.73 Å². The summed E-state index contributed by atoms with van der Waals surface area (Å²) in [7, 11) is 0. The Hall–Kier alpha value is -1.35. The van der Waals surface area contributed by atoms with Crippen LogP contribution in [-0.2, 0) is 10.2 Å². The predicted molar refractivity (Wildman–Crippen MR) is 87.1 cm³/mol. The Morgan fingerprint density at radius 2 is 1.81 bits per heavy atom. The molecule has 1 atom stereocenters. The topological polar surface area (TPSA) is 46.3 Å². The van der Waals surface area contributed by atoms with Crippen LogP contribution < -0.4 is 5.73 Å². The molecule has 1 saturated heterocycles. The minimum absolute atomic E-state index is 0.0962. The van der Waals surface area contributed by atoms with E-state index in [0.29, 0.717) is 13.0 Å². The molecule has 21 heavy (non-hydrogen) atoms. The van der Waals surface area contributed by atoms with E-state index in [9.17, 15) is 4.79 Å². The maximum absolute atomic E-state index is 12.0. The molecule has 0 saturated carbocycles. The van der Waals surface area contributed by atoms with Gasteiger partial charge in [0.1, 0.15) is 0 Å². The average molecular weight is 288 g/mol. The van der Waals surface area contributed by atoms with Gasteiger partial charge in [-0.25, -0.2) is 0 Å². The number of benzene rings is 1. The summed E-state index contributed by atoms with van der Waals surface area (Å²) in [6, 6.07) is 8.42. The molecule has 1 heterocycles. The minimum Gasteiger partial charge on any atom is -0.341 e. The number of nitrogens with zero attached hydrogens (tertiary/aromatic N) is 1. The van der Waals surface area contributed by atoms with Gasteiger partial charge in [0.05, 0.1) is 0 Å². The first-order valence-electron chi connectivity index (χ1n) is 8.02. The zero-order chi connectivity index (χ0) is 15.5. The zero-order valence-electron chi connectivity index (χ0n) is 13.6. The first-order valence-corrected chi connectivity index (χ1v) is 8.02. The summed E-state index contributed by atoms with van der Waals surface area (Å²) in [6.07, 6.45) is 3.94. The molecule has 0 aromatic heterocycles. The summed E-state index contributed by atoms with van der Waals surface area (Å²) >= 11 is 0. The van der Waals surface area contributed by atoms with Crippen molar-refractivity contribution in [1.82, 2.24) is 4.90 Å². The third-order valence-corrected chi connectivity index (χ3v) is 4.29. The van der Waals surface area contributed by atoms with Crippen molar-refractivity contribution in [2.45, 2.75) is 57.9 Å². The number of amides is 1. The molecule has 1 unspecified atom stereocenters. The van der Waals surface area contributed by atoms with E-state index in [-0.39, 0.29) is 17.4 Å². The SMILES string of the molecule is CC(C)(C)c1ccc(C(N)CN2CCCCCC2=O)cc1. The van der Waals surface area contributed by atoms with Gasteiger partial charge >= 0.3 is 0 Å². The van der Waals surface area contributed by atoms with Crippen LogP contribution in [0.2, 0.25) is 0 Å². The Bertz CT molecular complexity index is 473. The number of hydrogen-bond acceptors (Lipinski definition) is 2. The molecule has 1 aliphatic rings. The number of likely N-dealkylation sites (tertiary alicyclic amines) is 1. The van der Waals surface area contributed by atoms with Gasteiger partial charge in [-0.2, -0.15) is 0 Å². The largest absolute Gasteiger partial charge is 0.341 e. The number of carbonyl (C=O) groups is 1. The standard InChI is InChI=1S/C18H28N2O/c1-18(2,3)15-10-8-14(9-11-15)16(19)13-20-12-6-4-5-7-17(20)21/h8-11,16H,4-7,12-13,19H2,1-3H3. The number of hydrogen-bond donors (Lipinski definition) is 1. The molecular weight excluding hydrogens is 260 g/mol. The van der Waals surface area contributed by atoms with Crippen LogP contribution in [0.25, 0.3) is 0 Å². The average Bonchev–Trinajstić information content (AvgIpc) is 2.63. The minimum atomic E-state index is -0.0962. The summed E-state index contributed by atoms with van der Waals surface area (Å²) in [5.74, 6) is 0.259. The molecule has 1 fully saturated rings. The molecule has 1 amide bonds. The lowest BCUT2D eigenvalue weighted by molar-refractivity contribution is -0.130. The van der Waals surface area contributed by atoms with Gasteiger partial charge in [0.15, 0.2) is 0 Å². The van der Waals surface area contributed by atoms with Crippen LogP contribution in [0.5, 0.6) is 0 Å². The lowest BCUT2D eigenvalue weighted by atomic mass is 9.86. The lowest BCUT2D eigenvalue weighted by Crippen LogP contribution is -2.36. The van der Waals surface area contributed by atoms with Gasteiger partial charge in [0.2, 0.25) is 5.91 Å². The van der Waals surface area contributed by atoms with Crippen LogP contribution in [0, 0.1) is 0 Å². The Labute approximate surface area is 128 Å². The van der Waals surface area contributed by atoms with Crippen LogP contribution >= 0.6 is 0 Å². The highest BCUT2D eigenvalue weighted by molar-refractivity contribution is 5.76. The van der Waals surface area contributed by atoms with Crippen molar-refractivity contribution < 1.29 is 4.79 Å². The van der Waals surface area contributed by atoms with Crippen molar-refractivity contribution >= 4 is 5.91 Å². The highest BCUT2D eigenvalue weighted by atomic mass is 16.2. The van der Waals surface area contributed by atoms with Crippen LogP contribution in [0.15, 0.2) is 24.3 Å². The number of rotatable bonds is 3. The quantitative estimate of drug-likeness (QED) is 0.926. The normalized spacial score (nSPS) is 18.5. The van der Waals surface area contributed by atoms with E-state index in [1.807, 2.05) is 4.90 Å². The van der Waals surface area contributed by atoms with E-state index < -0.39 is 0 Å². The van der Waals surface area contributed by atoms with Gasteiger partial charge in [-0.1, -0.05) is 51.5 Å². The van der Waals surface area contributed by atoms with Crippen LogP contribution in [-0.4, -0.2) is 23.9 Å². The first kappa shape index (κ1) is 16.0. The molecule has 3 nitrogen and oxygen atoms in total. The summed E-state index contributed by atoms with van der Waals surface area (Å²) in [6.45, 7) is 8.10. The maximum atomic E-state index is 12.0. The fourth-order valence-corrected chi connectivity index (χ4v) is 2.80. The van der Waals surface area contributed by atoms with Crippen LogP contribution in [0.4, 0.5) is 0 Å². The van der Waals surface area contributed by atoms with Crippen molar-refractivity contribution in [1.29, 1.82) is 0 Å². The molecule has 0 spiro atoms. The molecule has 2 rings (SSSR count). The molecule has 0 radical (unpaired) electrons. The Kier molecular flexibility index (Phi) is 5.04. The highest BCUT2D eigenvalue weighted by Crippen LogP contribution is 2.24. The Morgan fingerprint density at radius 3 is 2.43 bits per heavy atom. The number of carbonyl (C=O) groups excluding carboxylic acids is 1. The maximum Gasteiger partial charge on any atom is 0.222 e. The van der Waals surface area contributed by atoms with Gasteiger partial charge < -0.3 is 10.6 Å². The van der Waals surface area contributed by atoms with Gasteiger partial charge in [0.25, 0.3) is 0 Å². The smallest absolute Gasteiger partial charge is 0.222 e. The van der Waals surface area contributed by atoms with Crippen LogP contribution in [0.1, 0.15) is 63.6 Å². The van der Waals surface area contributed by atoms with Crippen molar-refractivity contribution in [2.75, 3.05) is 13.1 Å². The molecule has 2 N–H and O–H groups in total. The highest BCUT2D eigenvalue weighted by Gasteiger charge is 2.20.